The van der Waals surface area contributed by atoms with Crippen molar-refractivity contribution in [2.75, 3.05) is 5.43 Å². The fourth-order valence-electron chi connectivity index (χ4n) is 2.01. The van der Waals surface area contributed by atoms with Crippen molar-refractivity contribution in [3.63, 3.8) is 0 Å². The highest BCUT2D eigenvalue weighted by Gasteiger charge is 2.21. The molecule has 0 aliphatic heterocycles. The number of nitrogens with zero attached hydrogens (tertiary/aromatic N) is 2. The predicted molar refractivity (Wildman–Crippen MR) is 65.6 cm³/mol. The van der Waals surface area contributed by atoms with Crippen LogP contribution in [0.5, 0.6) is 0 Å². The van der Waals surface area contributed by atoms with Crippen molar-refractivity contribution in [2.45, 2.75) is 37.8 Å². The largest absolute Gasteiger partial charge is 0.393 e. The Bertz CT molecular complexity index is 400. The second kappa shape index (κ2) is 5.74. The average Bonchev–Trinajstić information content (AvgIpc) is 2.41. The highest BCUT2D eigenvalue weighted by molar-refractivity contribution is 5.92. The minimum atomic E-state index is -0.243. The lowest BCUT2D eigenvalue weighted by atomic mass is 9.93. The van der Waals surface area contributed by atoms with Crippen LogP contribution in [0, 0.1) is 0 Å². The summed E-state index contributed by atoms with van der Waals surface area (Å²) < 4.78 is 0. The number of hydrazine groups is 1. The predicted octanol–water partition coefficient (Wildman–Crippen LogP) is -0.205. The van der Waals surface area contributed by atoms with E-state index in [0.717, 1.165) is 25.7 Å². The normalized spacial score (nSPS) is 23.4. The van der Waals surface area contributed by atoms with E-state index >= 15 is 0 Å². The zero-order valence-electron chi connectivity index (χ0n) is 9.97. The summed E-state index contributed by atoms with van der Waals surface area (Å²) in [5.74, 6) is 5.33. The van der Waals surface area contributed by atoms with Gasteiger partial charge in [-0.05, 0) is 37.8 Å². The van der Waals surface area contributed by atoms with Gasteiger partial charge in [-0.15, -0.1) is 10.2 Å². The smallest absolute Gasteiger partial charge is 0.272 e. The van der Waals surface area contributed by atoms with Crippen LogP contribution >= 0.6 is 0 Å². The number of aliphatic hydroxyl groups excluding tert-OH is 1. The van der Waals surface area contributed by atoms with E-state index < -0.39 is 0 Å². The summed E-state index contributed by atoms with van der Waals surface area (Å²) in [5, 5.41) is 19.8. The maximum absolute atomic E-state index is 11.9. The first-order chi connectivity index (χ1) is 8.69. The molecule has 5 N–H and O–H groups in total. The molecule has 1 amide bonds. The molecule has 1 saturated carbocycles. The lowest BCUT2D eigenvalue weighted by Crippen LogP contribution is -2.39. The van der Waals surface area contributed by atoms with E-state index in [-0.39, 0.29) is 23.7 Å². The molecule has 1 aromatic heterocycles. The van der Waals surface area contributed by atoms with E-state index in [9.17, 15) is 9.90 Å². The summed E-state index contributed by atoms with van der Waals surface area (Å²) >= 11 is 0. The van der Waals surface area contributed by atoms with Gasteiger partial charge in [-0.25, -0.2) is 5.84 Å². The van der Waals surface area contributed by atoms with Gasteiger partial charge in [0.1, 0.15) is 0 Å². The Balaban J connectivity index is 1.90. The lowest BCUT2D eigenvalue weighted by Gasteiger charge is -2.25. The SMILES string of the molecule is NNc1ccc(C(=O)NC2CCC(O)CC2)nn1. The number of carbonyl (C=O) groups excluding carboxylic acids is 1. The van der Waals surface area contributed by atoms with E-state index in [0.29, 0.717) is 5.82 Å². The molecule has 7 nitrogen and oxygen atoms in total. The van der Waals surface area contributed by atoms with Gasteiger partial charge in [0.05, 0.1) is 6.10 Å². The van der Waals surface area contributed by atoms with Gasteiger partial charge in [-0.2, -0.15) is 0 Å². The molecule has 0 bridgehead atoms. The van der Waals surface area contributed by atoms with E-state index in [4.69, 9.17) is 5.84 Å². The molecule has 2 rings (SSSR count). The van der Waals surface area contributed by atoms with E-state index in [1.165, 1.54) is 0 Å². The zero-order chi connectivity index (χ0) is 13.0. The van der Waals surface area contributed by atoms with Crippen LogP contribution in [0.3, 0.4) is 0 Å². The lowest BCUT2D eigenvalue weighted by molar-refractivity contribution is 0.0862. The number of carbonyl (C=O) groups is 1. The first kappa shape index (κ1) is 12.7. The summed E-state index contributed by atoms with van der Waals surface area (Å²) in [4.78, 5) is 11.9. The first-order valence-electron chi connectivity index (χ1n) is 5.98. The Morgan fingerprint density at radius 3 is 2.56 bits per heavy atom. The molecule has 0 aromatic carbocycles. The van der Waals surface area contributed by atoms with Crippen LogP contribution in [-0.4, -0.2) is 33.4 Å². The fourth-order valence-corrected chi connectivity index (χ4v) is 2.01. The third kappa shape index (κ3) is 3.14. The number of nitrogens with two attached hydrogens (primary N) is 1. The van der Waals surface area contributed by atoms with Crippen molar-refractivity contribution in [1.29, 1.82) is 0 Å². The molecule has 1 aliphatic carbocycles. The van der Waals surface area contributed by atoms with Crippen molar-refractivity contribution < 1.29 is 9.90 Å². The maximum Gasteiger partial charge on any atom is 0.272 e. The minimum absolute atomic E-state index is 0.106. The van der Waals surface area contributed by atoms with Crippen molar-refractivity contribution in [2.24, 2.45) is 5.84 Å². The van der Waals surface area contributed by atoms with Crippen LogP contribution in [0.4, 0.5) is 5.82 Å². The van der Waals surface area contributed by atoms with Gasteiger partial charge in [0.25, 0.3) is 5.91 Å². The van der Waals surface area contributed by atoms with Gasteiger partial charge < -0.3 is 15.8 Å². The highest BCUT2D eigenvalue weighted by atomic mass is 16.3. The Kier molecular flexibility index (Phi) is 4.06. The number of nitrogens with one attached hydrogen (secondary N) is 2. The van der Waals surface area contributed by atoms with Crippen molar-refractivity contribution in [3.05, 3.63) is 17.8 Å². The molecule has 18 heavy (non-hydrogen) atoms. The van der Waals surface area contributed by atoms with Gasteiger partial charge in [0, 0.05) is 6.04 Å². The number of hydrogen-bond acceptors (Lipinski definition) is 6. The van der Waals surface area contributed by atoms with Crippen LogP contribution in [0.2, 0.25) is 0 Å². The number of anilines is 1. The van der Waals surface area contributed by atoms with Crippen molar-refractivity contribution >= 4 is 11.7 Å². The molecule has 7 heteroatoms. The van der Waals surface area contributed by atoms with Gasteiger partial charge in [-0.3, -0.25) is 4.79 Å². The van der Waals surface area contributed by atoms with Crippen LogP contribution in [0.1, 0.15) is 36.2 Å². The summed E-state index contributed by atoms with van der Waals surface area (Å²) in [6, 6.07) is 3.26. The monoisotopic (exact) mass is 251 g/mol. The molecule has 0 unspecified atom stereocenters. The quantitative estimate of drug-likeness (QED) is 0.437. The molecule has 98 valence electrons. The first-order valence-corrected chi connectivity index (χ1v) is 5.98. The van der Waals surface area contributed by atoms with Crippen molar-refractivity contribution in [3.8, 4) is 0 Å². The van der Waals surface area contributed by atoms with Crippen LogP contribution < -0.4 is 16.6 Å². The van der Waals surface area contributed by atoms with E-state index in [1.807, 2.05) is 0 Å². The molecule has 0 atom stereocenters. The van der Waals surface area contributed by atoms with E-state index in [1.54, 1.807) is 12.1 Å². The minimum Gasteiger partial charge on any atom is -0.393 e. The number of hydrogen-bond donors (Lipinski definition) is 4. The highest BCUT2D eigenvalue weighted by Crippen LogP contribution is 2.18. The van der Waals surface area contributed by atoms with E-state index in [2.05, 4.69) is 20.9 Å². The standard InChI is InChI=1S/C11H17N5O2/c12-14-10-6-5-9(15-16-10)11(18)13-7-1-3-8(17)4-2-7/h5-8,17H,1-4,12H2,(H,13,18)(H,14,16). The summed E-state index contributed by atoms with van der Waals surface area (Å²) in [5.41, 5.74) is 2.61. The van der Waals surface area contributed by atoms with Gasteiger partial charge in [0.15, 0.2) is 11.5 Å². The second-order valence-electron chi connectivity index (χ2n) is 4.43. The zero-order valence-corrected chi connectivity index (χ0v) is 9.97. The molecule has 0 radical (unpaired) electrons. The second-order valence-corrected chi connectivity index (χ2v) is 4.43. The Hall–Kier alpha value is -1.73. The number of aliphatic hydroxyl groups is 1. The number of rotatable bonds is 3. The Morgan fingerprint density at radius 2 is 2.00 bits per heavy atom. The molecule has 1 aromatic rings. The van der Waals surface area contributed by atoms with Gasteiger partial charge >= 0.3 is 0 Å². The number of nitrogen functional groups attached to an aromatic ring is 1. The van der Waals surface area contributed by atoms with Crippen molar-refractivity contribution in [1.82, 2.24) is 15.5 Å². The Labute approximate surface area is 105 Å². The summed E-state index contributed by atoms with van der Waals surface area (Å²) in [7, 11) is 0. The number of aromatic nitrogens is 2. The van der Waals surface area contributed by atoms with Gasteiger partial charge in [-0.1, -0.05) is 0 Å². The summed E-state index contributed by atoms with van der Waals surface area (Å²) in [6.45, 7) is 0. The molecular weight excluding hydrogens is 234 g/mol. The summed E-state index contributed by atoms with van der Waals surface area (Å²) in [6.07, 6.45) is 2.82. The van der Waals surface area contributed by atoms with Gasteiger partial charge in [0.2, 0.25) is 0 Å². The molecule has 1 heterocycles. The molecule has 0 spiro atoms. The van der Waals surface area contributed by atoms with Crippen LogP contribution in [-0.2, 0) is 0 Å². The number of amides is 1. The van der Waals surface area contributed by atoms with Crippen LogP contribution in [0.15, 0.2) is 12.1 Å². The molecule has 1 fully saturated rings. The fraction of sp³-hybridized carbons (Fsp3) is 0.545. The molecule has 0 saturated heterocycles. The molecule has 1 aliphatic rings. The molecular formula is C11H17N5O2. The third-order valence-corrected chi connectivity index (χ3v) is 3.08. The third-order valence-electron chi connectivity index (χ3n) is 3.08. The van der Waals surface area contributed by atoms with Crippen LogP contribution in [0.25, 0.3) is 0 Å². The maximum atomic E-state index is 11.9. The Morgan fingerprint density at radius 1 is 1.28 bits per heavy atom. The average molecular weight is 251 g/mol. The topological polar surface area (TPSA) is 113 Å².